The summed E-state index contributed by atoms with van der Waals surface area (Å²) >= 11 is 0. The van der Waals surface area contributed by atoms with Crippen molar-refractivity contribution in [1.82, 2.24) is 16.0 Å². The number of guanidine groups is 1. The quantitative estimate of drug-likeness (QED) is 0.0616. The molecule has 0 aromatic heterocycles. The van der Waals surface area contributed by atoms with E-state index in [0.717, 1.165) is 0 Å². The topological polar surface area (TPSA) is 273 Å². The normalized spacial score (nSPS) is 15.2. The predicted octanol–water partition coefficient (Wildman–Crippen LogP) is -3.58. The van der Waals surface area contributed by atoms with E-state index in [4.69, 9.17) is 22.3 Å². The number of carboxylic acids is 2. The van der Waals surface area contributed by atoms with E-state index in [1.54, 1.807) is 0 Å². The summed E-state index contributed by atoms with van der Waals surface area (Å²) < 4.78 is 0. The maximum Gasteiger partial charge on any atom is 0.326 e. The Morgan fingerprint density at radius 3 is 1.88 bits per heavy atom. The van der Waals surface area contributed by atoms with Gasteiger partial charge in [-0.1, -0.05) is 13.8 Å². The number of carboxylic acid groups (broad SMARTS) is 2. The molecule has 194 valence electrons. The third kappa shape index (κ3) is 11.4. The number of nitrogens with zero attached hydrogens (tertiary/aromatic N) is 1. The van der Waals surface area contributed by atoms with Gasteiger partial charge < -0.3 is 48.5 Å². The van der Waals surface area contributed by atoms with Crippen molar-refractivity contribution in [1.29, 1.82) is 0 Å². The Morgan fingerprint density at radius 1 is 0.882 bits per heavy atom. The van der Waals surface area contributed by atoms with E-state index in [-0.39, 0.29) is 18.9 Å². The molecule has 3 amide bonds. The van der Waals surface area contributed by atoms with Gasteiger partial charge >= 0.3 is 11.9 Å². The molecule has 0 radical (unpaired) electrons. The number of aliphatic imine (C=N–C) groups is 1. The lowest BCUT2D eigenvalue weighted by atomic mass is 10.0. The molecule has 0 heterocycles. The lowest BCUT2D eigenvalue weighted by molar-refractivity contribution is -0.144. The third-order valence-corrected chi connectivity index (χ3v) is 4.61. The predicted molar refractivity (Wildman–Crippen MR) is 120 cm³/mol. The summed E-state index contributed by atoms with van der Waals surface area (Å²) in [6.45, 7) is 4.48. The average molecular weight is 490 g/mol. The molecule has 5 atom stereocenters. The Morgan fingerprint density at radius 2 is 1.44 bits per heavy atom. The second kappa shape index (κ2) is 14.6. The molecule has 0 spiro atoms. The molecule has 0 aliphatic rings. The molecule has 0 fully saturated rings. The van der Waals surface area contributed by atoms with Crippen LogP contribution >= 0.6 is 0 Å². The first kappa shape index (κ1) is 30.5. The van der Waals surface area contributed by atoms with Crippen LogP contribution in [0.3, 0.4) is 0 Å². The molecule has 34 heavy (non-hydrogen) atoms. The highest BCUT2D eigenvalue weighted by atomic mass is 16.4. The van der Waals surface area contributed by atoms with Gasteiger partial charge in [-0.15, -0.1) is 0 Å². The number of nitrogens with one attached hydrogen (secondary N) is 3. The van der Waals surface area contributed by atoms with E-state index in [0.29, 0.717) is 6.42 Å². The minimum absolute atomic E-state index is 0.119. The largest absolute Gasteiger partial charge is 0.481 e. The molecule has 0 aliphatic carbocycles. The molecule has 12 N–H and O–H groups in total. The number of aliphatic hydroxyl groups is 1. The van der Waals surface area contributed by atoms with Gasteiger partial charge in [-0.3, -0.25) is 24.2 Å². The molecule has 0 aromatic rings. The van der Waals surface area contributed by atoms with E-state index in [9.17, 15) is 34.2 Å². The summed E-state index contributed by atoms with van der Waals surface area (Å²) in [6, 6.07) is -5.63. The number of nitrogens with two attached hydrogens (primary N) is 3. The van der Waals surface area contributed by atoms with Crippen molar-refractivity contribution in [3.63, 3.8) is 0 Å². The Balaban J connectivity index is 5.32. The van der Waals surface area contributed by atoms with Crippen molar-refractivity contribution in [3.8, 4) is 0 Å². The molecule has 0 aromatic carbocycles. The Bertz CT molecular complexity index is 768. The van der Waals surface area contributed by atoms with Gasteiger partial charge in [-0.25, -0.2) is 4.79 Å². The molecular formula is C19H35N7O8. The minimum atomic E-state index is -1.67. The number of rotatable bonds is 15. The van der Waals surface area contributed by atoms with Crippen LogP contribution in [0.1, 0.15) is 40.0 Å². The van der Waals surface area contributed by atoms with Crippen molar-refractivity contribution in [3.05, 3.63) is 0 Å². The van der Waals surface area contributed by atoms with Gasteiger partial charge in [-0.05, 0) is 25.7 Å². The van der Waals surface area contributed by atoms with Crippen LogP contribution in [-0.2, 0) is 24.0 Å². The lowest BCUT2D eigenvalue weighted by Crippen LogP contribution is -2.60. The van der Waals surface area contributed by atoms with E-state index in [2.05, 4.69) is 20.9 Å². The molecule has 5 unspecified atom stereocenters. The summed E-state index contributed by atoms with van der Waals surface area (Å²) in [6.07, 6.45) is -1.78. The second-order valence-corrected chi connectivity index (χ2v) is 8.01. The monoisotopic (exact) mass is 489 g/mol. The fraction of sp³-hybridized carbons (Fsp3) is 0.684. The van der Waals surface area contributed by atoms with Crippen molar-refractivity contribution in [2.75, 3.05) is 6.54 Å². The van der Waals surface area contributed by atoms with Crippen LogP contribution in [0.15, 0.2) is 4.99 Å². The fourth-order valence-corrected chi connectivity index (χ4v) is 2.73. The maximum atomic E-state index is 12.7. The second-order valence-electron chi connectivity index (χ2n) is 8.01. The van der Waals surface area contributed by atoms with Crippen LogP contribution in [0.5, 0.6) is 0 Å². The van der Waals surface area contributed by atoms with Crippen molar-refractivity contribution >= 4 is 35.6 Å². The van der Waals surface area contributed by atoms with Crippen LogP contribution in [0, 0.1) is 5.92 Å². The SMILES string of the molecule is CC(C)C(NC(=O)C(CC(=O)O)NC(=O)C(NC(=O)C(N)CCCN=C(N)N)C(C)O)C(=O)O. The zero-order valence-corrected chi connectivity index (χ0v) is 19.4. The summed E-state index contributed by atoms with van der Waals surface area (Å²) in [5.41, 5.74) is 16.2. The first-order chi connectivity index (χ1) is 15.7. The number of amides is 3. The van der Waals surface area contributed by atoms with Crippen molar-refractivity contribution in [2.24, 2.45) is 28.1 Å². The van der Waals surface area contributed by atoms with Crippen LogP contribution in [0.4, 0.5) is 0 Å². The number of carbonyl (C=O) groups is 5. The standard InChI is InChI=1S/C19H35N7O8/c1-8(2)13(18(33)34)25-16(31)11(7-12(28)29)24-17(32)14(9(3)27)26-15(30)10(20)5-4-6-23-19(21)22/h8-11,13-14,27H,4-7,20H2,1-3H3,(H,24,32)(H,25,31)(H,26,30)(H,28,29)(H,33,34)(H4,21,22,23). The lowest BCUT2D eigenvalue weighted by Gasteiger charge is -2.26. The Labute approximate surface area is 196 Å². The fourth-order valence-electron chi connectivity index (χ4n) is 2.73. The smallest absolute Gasteiger partial charge is 0.326 e. The number of hydrogen-bond acceptors (Lipinski definition) is 8. The van der Waals surface area contributed by atoms with Gasteiger partial charge in [0.05, 0.1) is 18.6 Å². The van der Waals surface area contributed by atoms with E-state index in [1.807, 2.05) is 0 Å². The highest BCUT2D eigenvalue weighted by Crippen LogP contribution is 2.05. The molecule has 15 nitrogen and oxygen atoms in total. The van der Waals surface area contributed by atoms with Crippen LogP contribution < -0.4 is 33.2 Å². The number of hydrogen-bond donors (Lipinski definition) is 9. The number of aliphatic carboxylic acids is 2. The van der Waals surface area contributed by atoms with Crippen LogP contribution in [0.25, 0.3) is 0 Å². The van der Waals surface area contributed by atoms with Gasteiger partial charge in [0, 0.05) is 6.54 Å². The Hall–Kier alpha value is -3.46. The Kier molecular flexibility index (Phi) is 13.2. The van der Waals surface area contributed by atoms with E-state index < -0.39 is 72.3 Å². The van der Waals surface area contributed by atoms with Gasteiger partial charge in [0.15, 0.2) is 5.96 Å². The van der Waals surface area contributed by atoms with Crippen LogP contribution in [-0.4, -0.2) is 87.8 Å². The van der Waals surface area contributed by atoms with Crippen LogP contribution in [0.2, 0.25) is 0 Å². The van der Waals surface area contributed by atoms with E-state index >= 15 is 0 Å². The van der Waals surface area contributed by atoms with Gasteiger partial charge in [0.2, 0.25) is 17.7 Å². The first-order valence-corrected chi connectivity index (χ1v) is 10.5. The first-order valence-electron chi connectivity index (χ1n) is 10.5. The maximum absolute atomic E-state index is 12.7. The number of aliphatic hydroxyl groups excluding tert-OH is 1. The summed E-state index contributed by atoms with van der Waals surface area (Å²) in [5.74, 6) is -6.33. The molecule has 0 saturated heterocycles. The molecule has 15 heteroatoms. The third-order valence-electron chi connectivity index (χ3n) is 4.61. The zero-order chi connectivity index (χ0) is 26.6. The summed E-state index contributed by atoms with van der Waals surface area (Å²) in [4.78, 5) is 63.7. The van der Waals surface area contributed by atoms with Gasteiger partial charge in [-0.2, -0.15) is 0 Å². The molecule has 0 bridgehead atoms. The van der Waals surface area contributed by atoms with Crippen molar-refractivity contribution < 1.29 is 39.3 Å². The highest BCUT2D eigenvalue weighted by Gasteiger charge is 2.34. The van der Waals surface area contributed by atoms with Gasteiger partial charge in [0.1, 0.15) is 18.1 Å². The highest BCUT2D eigenvalue weighted by molar-refractivity contribution is 5.95. The van der Waals surface area contributed by atoms with Crippen molar-refractivity contribution in [2.45, 2.75) is 70.3 Å². The molecule has 0 saturated carbocycles. The summed E-state index contributed by atoms with van der Waals surface area (Å²) in [5, 5.41) is 34.8. The molecule has 0 rings (SSSR count). The zero-order valence-electron chi connectivity index (χ0n) is 19.4. The minimum Gasteiger partial charge on any atom is -0.481 e. The average Bonchev–Trinajstić information content (AvgIpc) is 2.70. The molecular weight excluding hydrogens is 454 g/mol. The molecule has 0 aliphatic heterocycles. The van der Waals surface area contributed by atoms with Gasteiger partial charge in [0.25, 0.3) is 0 Å². The summed E-state index contributed by atoms with van der Waals surface area (Å²) in [7, 11) is 0. The number of carbonyl (C=O) groups excluding carboxylic acids is 3. The van der Waals surface area contributed by atoms with E-state index in [1.165, 1.54) is 20.8 Å².